The van der Waals surface area contributed by atoms with Crippen molar-refractivity contribution in [2.45, 2.75) is 39.5 Å². The van der Waals surface area contributed by atoms with E-state index in [4.69, 9.17) is 10.7 Å². The summed E-state index contributed by atoms with van der Waals surface area (Å²) in [7, 11) is 0. The summed E-state index contributed by atoms with van der Waals surface area (Å²) in [6.07, 6.45) is 0.945. The predicted molar refractivity (Wildman–Crippen MR) is 87.7 cm³/mol. The quantitative estimate of drug-likeness (QED) is 0.888. The fraction of sp³-hybridized carbons (Fsp3) is 0.375. The van der Waals surface area contributed by atoms with Crippen LogP contribution in [0.25, 0.3) is 11.4 Å². The Morgan fingerprint density at radius 2 is 1.80 bits per heavy atom. The van der Waals surface area contributed by atoms with Gasteiger partial charge in [-0.05, 0) is 27.9 Å². The Kier molecular flexibility index (Phi) is 4.14. The molecule has 1 aromatic heterocycles. The number of hydrogen-bond acceptors (Lipinski definition) is 3. The average Bonchev–Trinajstić information content (AvgIpc) is 2.40. The minimum absolute atomic E-state index is 0.0915. The second-order valence-corrected chi connectivity index (χ2v) is 6.65. The minimum atomic E-state index is -0.0915. The van der Waals surface area contributed by atoms with Gasteiger partial charge in [-0.15, -0.1) is 0 Å². The number of nitrogens with zero attached hydrogens (tertiary/aromatic N) is 2. The third kappa shape index (κ3) is 2.85. The van der Waals surface area contributed by atoms with Gasteiger partial charge in [0.1, 0.15) is 5.82 Å². The van der Waals surface area contributed by atoms with Crippen LogP contribution < -0.4 is 5.73 Å². The first-order valence-electron chi connectivity index (χ1n) is 6.76. The van der Waals surface area contributed by atoms with E-state index in [-0.39, 0.29) is 5.41 Å². The van der Waals surface area contributed by atoms with Gasteiger partial charge in [-0.3, -0.25) is 0 Å². The molecule has 0 bridgehead atoms. The molecule has 3 nitrogen and oxygen atoms in total. The number of nitrogens with two attached hydrogens (primary N) is 1. The van der Waals surface area contributed by atoms with Crippen molar-refractivity contribution in [2.75, 3.05) is 5.73 Å². The molecule has 4 heteroatoms. The summed E-state index contributed by atoms with van der Waals surface area (Å²) in [5.74, 6) is 1.19. The molecule has 0 fully saturated rings. The lowest BCUT2D eigenvalue weighted by molar-refractivity contribution is 0.564. The molecule has 0 saturated carbocycles. The normalized spacial score (nSPS) is 11.7. The van der Waals surface area contributed by atoms with E-state index < -0.39 is 0 Å². The van der Waals surface area contributed by atoms with Crippen LogP contribution in [0, 0.1) is 0 Å². The molecule has 20 heavy (non-hydrogen) atoms. The highest BCUT2D eigenvalue weighted by atomic mass is 79.9. The van der Waals surface area contributed by atoms with Crippen molar-refractivity contribution in [1.82, 2.24) is 9.97 Å². The first-order valence-corrected chi connectivity index (χ1v) is 7.55. The van der Waals surface area contributed by atoms with Crippen molar-refractivity contribution in [3.05, 3.63) is 40.0 Å². The molecule has 2 rings (SSSR count). The fourth-order valence-electron chi connectivity index (χ4n) is 2.13. The third-order valence-electron chi connectivity index (χ3n) is 3.23. The number of anilines is 1. The van der Waals surface area contributed by atoms with Gasteiger partial charge in [0.2, 0.25) is 0 Å². The van der Waals surface area contributed by atoms with Crippen LogP contribution in [0.1, 0.15) is 39.0 Å². The largest absolute Gasteiger partial charge is 0.383 e. The van der Waals surface area contributed by atoms with Crippen molar-refractivity contribution < 1.29 is 0 Å². The van der Waals surface area contributed by atoms with E-state index in [0.717, 1.165) is 22.2 Å². The second kappa shape index (κ2) is 5.52. The van der Waals surface area contributed by atoms with E-state index >= 15 is 0 Å². The highest BCUT2D eigenvalue weighted by Crippen LogP contribution is 2.33. The molecule has 0 spiro atoms. The fourth-order valence-corrected chi connectivity index (χ4v) is 2.90. The SMILES string of the molecule is CCc1ccccc1-c1nc(N)c(Br)c(C(C)(C)C)n1. The summed E-state index contributed by atoms with van der Waals surface area (Å²) in [5.41, 5.74) is 9.18. The molecule has 0 amide bonds. The van der Waals surface area contributed by atoms with Crippen LogP contribution >= 0.6 is 15.9 Å². The van der Waals surface area contributed by atoms with Crippen LogP contribution in [-0.2, 0) is 11.8 Å². The Morgan fingerprint density at radius 3 is 2.40 bits per heavy atom. The summed E-state index contributed by atoms with van der Waals surface area (Å²) in [6.45, 7) is 8.49. The number of halogens is 1. The molecule has 0 atom stereocenters. The van der Waals surface area contributed by atoms with Crippen LogP contribution in [0.15, 0.2) is 28.7 Å². The summed E-state index contributed by atoms with van der Waals surface area (Å²) in [4.78, 5) is 9.19. The monoisotopic (exact) mass is 333 g/mol. The van der Waals surface area contributed by atoms with Crippen molar-refractivity contribution >= 4 is 21.7 Å². The molecule has 0 aliphatic rings. The topological polar surface area (TPSA) is 51.8 Å². The zero-order valence-electron chi connectivity index (χ0n) is 12.4. The molecule has 0 aliphatic heterocycles. The molecular formula is C16H20BrN3. The molecule has 106 valence electrons. The predicted octanol–water partition coefficient (Wildman–Crippen LogP) is 4.35. The van der Waals surface area contributed by atoms with E-state index in [9.17, 15) is 0 Å². The number of hydrogen-bond donors (Lipinski definition) is 1. The van der Waals surface area contributed by atoms with Gasteiger partial charge in [-0.2, -0.15) is 0 Å². The molecule has 0 saturated heterocycles. The molecule has 2 aromatic rings. The molecule has 0 aliphatic carbocycles. The number of benzene rings is 1. The van der Waals surface area contributed by atoms with Gasteiger partial charge in [0.25, 0.3) is 0 Å². The first-order chi connectivity index (χ1) is 9.34. The van der Waals surface area contributed by atoms with Gasteiger partial charge in [0, 0.05) is 11.0 Å². The maximum absolute atomic E-state index is 6.05. The highest BCUT2D eigenvalue weighted by molar-refractivity contribution is 9.10. The van der Waals surface area contributed by atoms with E-state index in [1.54, 1.807) is 0 Å². The molecule has 1 heterocycles. The van der Waals surface area contributed by atoms with Crippen LogP contribution in [0.3, 0.4) is 0 Å². The van der Waals surface area contributed by atoms with Gasteiger partial charge in [0.15, 0.2) is 5.82 Å². The van der Waals surface area contributed by atoms with E-state index in [2.05, 4.69) is 54.7 Å². The van der Waals surface area contributed by atoms with Crippen LogP contribution in [0.4, 0.5) is 5.82 Å². The Morgan fingerprint density at radius 1 is 1.15 bits per heavy atom. The van der Waals surface area contributed by atoms with Crippen molar-refractivity contribution in [3.8, 4) is 11.4 Å². The summed E-state index contributed by atoms with van der Waals surface area (Å²) < 4.78 is 0.794. The van der Waals surface area contributed by atoms with E-state index in [1.807, 2.05) is 18.2 Å². The standard InChI is InChI=1S/C16H20BrN3/c1-5-10-8-6-7-9-11(10)15-19-13(16(2,3)4)12(17)14(18)20-15/h6-9H,5H2,1-4H3,(H2,18,19,20). The van der Waals surface area contributed by atoms with E-state index in [1.165, 1.54) is 5.56 Å². The zero-order valence-corrected chi connectivity index (χ0v) is 14.0. The Bertz CT molecular complexity index is 630. The first kappa shape index (κ1) is 15.0. The van der Waals surface area contributed by atoms with Crippen LogP contribution in [-0.4, -0.2) is 9.97 Å². The van der Waals surface area contributed by atoms with Gasteiger partial charge in [-0.1, -0.05) is 52.0 Å². The van der Waals surface area contributed by atoms with Crippen LogP contribution in [0.5, 0.6) is 0 Å². The van der Waals surface area contributed by atoms with Crippen molar-refractivity contribution in [2.24, 2.45) is 0 Å². The Balaban J connectivity index is 2.67. The lowest BCUT2D eigenvalue weighted by Gasteiger charge is -2.21. The lowest BCUT2D eigenvalue weighted by Crippen LogP contribution is -2.17. The number of aromatic nitrogens is 2. The molecule has 2 N–H and O–H groups in total. The smallest absolute Gasteiger partial charge is 0.162 e. The summed E-state index contributed by atoms with van der Waals surface area (Å²) in [5, 5.41) is 0. The Hall–Kier alpha value is -1.42. The highest BCUT2D eigenvalue weighted by Gasteiger charge is 2.23. The second-order valence-electron chi connectivity index (χ2n) is 5.86. The van der Waals surface area contributed by atoms with Crippen molar-refractivity contribution in [1.29, 1.82) is 0 Å². The van der Waals surface area contributed by atoms with Gasteiger partial charge >= 0.3 is 0 Å². The lowest BCUT2D eigenvalue weighted by atomic mass is 9.91. The number of nitrogen functional groups attached to an aromatic ring is 1. The zero-order chi connectivity index (χ0) is 14.9. The summed E-state index contributed by atoms with van der Waals surface area (Å²) >= 11 is 3.51. The summed E-state index contributed by atoms with van der Waals surface area (Å²) in [6, 6.07) is 8.20. The Labute approximate surface area is 128 Å². The molecule has 1 aromatic carbocycles. The van der Waals surface area contributed by atoms with Gasteiger partial charge in [-0.25, -0.2) is 9.97 Å². The van der Waals surface area contributed by atoms with Crippen LogP contribution in [0.2, 0.25) is 0 Å². The van der Waals surface area contributed by atoms with E-state index in [0.29, 0.717) is 11.6 Å². The molecule has 0 radical (unpaired) electrons. The third-order valence-corrected chi connectivity index (χ3v) is 4.01. The van der Waals surface area contributed by atoms with Gasteiger partial charge in [0.05, 0.1) is 10.2 Å². The number of rotatable bonds is 2. The molecule has 0 unspecified atom stereocenters. The van der Waals surface area contributed by atoms with Gasteiger partial charge < -0.3 is 5.73 Å². The molecular weight excluding hydrogens is 314 g/mol. The minimum Gasteiger partial charge on any atom is -0.383 e. The average molecular weight is 334 g/mol. The van der Waals surface area contributed by atoms with Crippen molar-refractivity contribution in [3.63, 3.8) is 0 Å². The number of aryl methyl sites for hydroxylation is 1. The maximum atomic E-state index is 6.05. The maximum Gasteiger partial charge on any atom is 0.162 e.